The Labute approximate surface area is 92.3 Å². The third-order valence-corrected chi connectivity index (χ3v) is 3.58. The number of fused-ring (bicyclic) bond motifs is 1. The lowest BCUT2D eigenvalue weighted by molar-refractivity contribution is 0.583. The molecule has 0 saturated carbocycles. The SMILES string of the molecule is CNS(=O)(=O)c1c(NN)nc2ccccn12. The molecule has 0 bridgehead atoms. The largest absolute Gasteiger partial charge is 0.306 e. The van der Waals surface area contributed by atoms with Gasteiger partial charge in [0, 0.05) is 6.20 Å². The van der Waals surface area contributed by atoms with Crippen LogP contribution in [0.1, 0.15) is 0 Å². The number of rotatable bonds is 3. The zero-order valence-electron chi connectivity index (χ0n) is 8.51. The highest BCUT2D eigenvalue weighted by Gasteiger charge is 2.23. The lowest BCUT2D eigenvalue weighted by Gasteiger charge is -2.04. The first kappa shape index (κ1) is 10.9. The quantitative estimate of drug-likeness (QED) is 0.498. The van der Waals surface area contributed by atoms with Crippen molar-refractivity contribution in [2.45, 2.75) is 5.03 Å². The Morgan fingerprint density at radius 1 is 1.44 bits per heavy atom. The number of nitrogens with two attached hydrogens (primary N) is 1. The molecular weight excluding hydrogens is 230 g/mol. The fourth-order valence-electron chi connectivity index (χ4n) is 1.42. The summed E-state index contributed by atoms with van der Waals surface area (Å²) in [6, 6.07) is 5.16. The molecule has 0 saturated heterocycles. The lowest BCUT2D eigenvalue weighted by atomic mass is 10.5. The molecule has 2 rings (SSSR count). The second-order valence-electron chi connectivity index (χ2n) is 3.05. The Hall–Kier alpha value is -1.64. The van der Waals surface area contributed by atoms with Crippen molar-refractivity contribution in [1.82, 2.24) is 14.1 Å². The van der Waals surface area contributed by atoms with Gasteiger partial charge in [0.15, 0.2) is 10.8 Å². The Morgan fingerprint density at radius 3 is 2.81 bits per heavy atom. The Kier molecular flexibility index (Phi) is 2.54. The van der Waals surface area contributed by atoms with Crippen LogP contribution in [0.3, 0.4) is 0 Å². The van der Waals surface area contributed by atoms with Crippen LogP contribution in [-0.2, 0) is 10.0 Å². The summed E-state index contributed by atoms with van der Waals surface area (Å²) in [7, 11) is -2.28. The highest BCUT2D eigenvalue weighted by atomic mass is 32.2. The van der Waals surface area contributed by atoms with E-state index in [9.17, 15) is 8.42 Å². The number of nitrogens with one attached hydrogen (secondary N) is 2. The van der Waals surface area contributed by atoms with E-state index in [2.05, 4.69) is 15.1 Å². The van der Waals surface area contributed by atoms with Gasteiger partial charge in [0.25, 0.3) is 10.0 Å². The van der Waals surface area contributed by atoms with Crippen LogP contribution in [-0.4, -0.2) is 24.9 Å². The Balaban J connectivity index is 2.85. The van der Waals surface area contributed by atoms with Gasteiger partial charge in [-0.25, -0.2) is 24.0 Å². The van der Waals surface area contributed by atoms with Gasteiger partial charge in [-0.1, -0.05) is 6.07 Å². The number of imidazole rings is 1. The maximum atomic E-state index is 11.8. The summed E-state index contributed by atoms with van der Waals surface area (Å²) in [5.74, 6) is 5.36. The van der Waals surface area contributed by atoms with Crippen LogP contribution in [0.25, 0.3) is 5.65 Å². The third kappa shape index (κ3) is 1.52. The van der Waals surface area contributed by atoms with Crippen LogP contribution in [0.4, 0.5) is 5.82 Å². The Bertz CT molecular complexity index is 618. The first-order valence-corrected chi connectivity index (χ1v) is 5.95. The highest BCUT2D eigenvalue weighted by molar-refractivity contribution is 7.89. The normalized spacial score (nSPS) is 11.9. The van der Waals surface area contributed by atoms with E-state index in [-0.39, 0.29) is 10.8 Å². The first-order valence-electron chi connectivity index (χ1n) is 4.47. The second kappa shape index (κ2) is 3.74. The van der Waals surface area contributed by atoms with Crippen LogP contribution in [0.5, 0.6) is 0 Å². The number of anilines is 1. The fourth-order valence-corrected chi connectivity index (χ4v) is 2.39. The topological polar surface area (TPSA) is 102 Å². The van der Waals surface area contributed by atoms with Gasteiger partial charge in [-0.3, -0.25) is 4.40 Å². The number of nitrogens with zero attached hydrogens (tertiary/aromatic N) is 2. The maximum Gasteiger partial charge on any atom is 0.260 e. The summed E-state index contributed by atoms with van der Waals surface area (Å²) in [6.07, 6.45) is 1.60. The van der Waals surface area contributed by atoms with E-state index in [1.165, 1.54) is 11.4 Å². The standard InChI is InChI=1S/C8H11N5O2S/c1-10-16(14,15)8-7(12-9)11-6-4-2-3-5-13(6)8/h2-5,10,12H,9H2,1H3. The van der Waals surface area contributed by atoms with E-state index in [0.29, 0.717) is 5.65 Å². The van der Waals surface area contributed by atoms with Gasteiger partial charge in [0.2, 0.25) is 0 Å². The van der Waals surface area contributed by atoms with E-state index in [1.807, 2.05) is 0 Å². The number of sulfonamides is 1. The van der Waals surface area contributed by atoms with Crippen LogP contribution in [0.2, 0.25) is 0 Å². The molecule has 8 heteroatoms. The van der Waals surface area contributed by atoms with Crippen LogP contribution >= 0.6 is 0 Å². The molecule has 0 aliphatic rings. The molecule has 2 heterocycles. The Morgan fingerprint density at radius 2 is 2.19 bits per heavy atom. The van der Waals surface area contributed by atoms with Crippen molar-refractivity contribution in [2.75, 3.05) is 12.5 Å². The van der Waals surface area contributed by atoms with Crippen molar-refractivity contribution in [2.24, 2.45) is 5.84 Å². The minimum Gasteiger partial charge on any atom is -0.306 e. The van der Waals surface area contributed by atoms with Gasteiger partial charge in [-0.2, -0.15) is 0 Å². The molecule has 0 aliphatic heterocycles. The number of pyridine rings is 1. The van der Waals surface area contributed by atoms with E-state index < -0.39 is 10.0 Å². The molecule has 2 aromatic heterocycles. The molecule has 0 spiro atoms. The second-order valence-corrected chi connectivity index (χ2v) is 4.85. The zero-order valence-corrected chi connectivity index (χ0v) is 9.32. The molecule has 16 heavy (non-hydrogen) atoms. The number of hydrogen-bond donors (Lipinski definition) is 3. The molecule has 0 fully saturated rings. The van der Waals surface area contributed by atoms with Crippen LogP contribution < -0.4 is 16.0 Å². The van der Waals surface area contributed by atoms with Crippen molar-refractivity contribution < 1.29 is 8.42 Å². The van der Waals surface area contributed by atoms with E-state index in [1.54, 1.807) is 24.4 Å². The van der Waals surface area contributed by atoms with E-state index in [4.69, 9.17) is 5.84 Å². The average Bonchev–Trinajstić information content (AvgIpc) is 2.67. The highest BCUT2D eigenvalue weighted by Crippen LogP contribution is 2.21. The summed E-state index contributed by atoms with van der Waals surface area (Å²) < 4.78 is 27.2. The maximum absolute atomic E-state index is 11.8. The minimum atomic E-state index is -3.62. The van der Waals surface area contributed by atoms with Crippen molar-refractivity contribution in [1.29, 1.82) is 0 Å². The van der Waals surface area contributed by atoms with Crippen LogP contribution in [0, 0.1) is 0 Å². The van der Waals surface area contributed by atoms with Gasteiger partial charge in [-0.15, -0.1) is 0 Å². The summed E-state index contributed by atoms with van der Waals surface area (Å²) >= 11 is 0. The van der Waals surface area contributed by atoms with Crippen molar-refractivity contribution >= 4 is 21.5 Å². The van der Waals surface area contributed by atoms with Crippen LogP contribution in [0.15, 0.2) is 29.4 Å². The third-order valence-electron chi connectivity index (χ3n) is 2.15. The molecule has 86 valence electrons. The molecule has 0 aliphatic carbocycles. The average molecular weight is 241 g/mol. The van der Waals surface area contributed by atoms with Gasteiger partial charge in [0.05, 0.1) is 0 Å². The van der Waals surface area contributed by atoms with Gasteiger partial charge in [-0.05, 0) is 19.2 Å². The first-order chi connectivity index (χ1) is 7.60. The molecule has 2 aromatic rings. The number of nitrogen functional groups attached to an aromatic ring is 1. The summed E-state index contributed by atoms with van der Waals surface area (Å²) in [6.45, 7) is 0. The predicted octanol–water partition coefficient (Wildman–Crippen LogP) is -0.472. The molecule has 0 aromatic carbocycles. The van der Waals surface area contributed by atoms with Crippen molar-refractivity contribution in [3.63, 3.8) is 0 Å². The zero-order chi connectivity index (χ0) is 11.8. The van der Waals surface area contributed by atoms with E-state index in [0.717, 1.165) is 0 Å². The molecule has 0 unspecified atom stereocenters. The predicted molar refractivity (Wildman–Crippen MR) is 59.2 cm³/mol. The summed E-state index contributed by atoms with van der Waals surface area (Å²) in [4.78, 5) is 4.05. The van der Waals surface area contributed by atoms with Crippen molar-refractivity contribution in [3.8, 4) is 0 Å². The fraction of sp³-hybridized carbons (Fsp3) is 0.125. The minimum absolute atomic E-state index is 0.00639. The molecule has 4 N–H and O–H groups in total. The monoisotopic (exact) mass is 241 g/mol. The van der Waals surface area contributed by atoms with Crippen molar-refractivity contribution in [3.05, 3.63) is 24.4 Å². The number of hydrogen-bond acceptors (Lipinski definition) is 5. The summed E-state index contributed by atoms with van der Waals surface area (Å²) in [5, 5.41) is -0.00639. The molecule has 0 atom stereocenters. The lowest BCUT2D eigenvalue weighted by Crippen LogP contribution is -2.22. The van der Waals surface area contributed by atoms with Gasteiger partial charge < -0.3 is 5.43 Å². The molecule has 0 radical (unpaired) electrons. The molecule has 7 nitrogen and oxygen atoms in total. The molecular formula is C8H11N5O2S. The number of hydrazine groups is 1. The smallest absolute Gasteiger partial charge is 0.260 e. The van der Waals surface area contributed by atoms with Gasteiger partial charge in [0.1, 0.15) is 5.65 Å². The van der Waals surface area contributed by atoms with E-state index >= 15 is 0 Å². The molecule has 0 amide bonds. The number of aromatic nitrogens is 2. The van der Waals surface area contributed by atoms with Gasteiger partial charge >= 0.3 is 0 Å². The summed E-state index contributed by atoms with van der Waals surface area (Å²) in [5.41, 5.74) is 2.78.